The van der Waals surface area contributed by atoms with E-state index >= 15 is 0 Å². The molecular formula is C16H12ClN3O4S2. The maximum absolute atomic E-state index is 12.1. The van der Waals surface area contributed by atoms with E-state index in [9.17, 15) is 14.4 Å². The van der Waals surface area contributed by atoms with Crippen molar-refractivity contribution in [3.8, 4) is 0 Å². The van der Waals surface area contributed by atoms with Crippen molar-refractivity contribution in [3.05, 3.63) is 50.1 Å². The van der Waals surface area contributed by atoms with Crippen molar-refractivity contribution < 1.29 is 14.7 Å². The van der Waals surface area contributed by atoms with Gasteiger partial charge in [0.1, 0.15) is 4.83 Å². The van der Waals surface area contributed by atoms with Crippen LogP contribution in [0.2, 0.25) is 5.02 Å². The van der Waals surface area contributed by atoms with E-state index in [1.165, 1.54) is 5.38 Å². The largest absolute Gasteiger partial charge is 0.478 e. The zero-order valence-electron chi connectivity index (χ0n) is 13.3. The third-order valence-corrected chi connectivity index (χ3v) is 5.60. The molecule has 0 spiro atoms. The van der Waals surface area contributed by atoms with Crippen LogP contribution in [0.5, 0.6) is 0 Å². The molecule has 0 fully saturated rings. The molecular weight excluding hydrogens is 398 g/mol. The van der Waals surface area contributed by atoms with Crippen molar-refractivity contribution >= 4 is 62.5 Å². The van der Waals surface area contributed by atoms with Crippen LogP contribution in [0.15, 0.2) is 33.5 Å². The lowest BCUT2D eigenvalue weighted by Crippen LogP contribution is -2.16. The average molecular weight is 410 g/mol. The molecule has 0 saturated heterocycles. The molecule has 0 aliphatic heterocycles. The molecule has 3 N–H and O–H groups in total. The van der Waals surface area contributed by atoms with Crippen molar-refractivity contribution in [2.75, 3.05) is 11.1 Å². The van der Waals surface area contributed by atoms with E-state index in [-0.39, 0.29) is 27.8 Å². The van der Waals surface area contributed by atoms with Gasteiger partial charge >= 0.3 is 5.97 Å². The number of aromatic carboxylic acids is 1. The van der Waals surface area contributed by atoms with Gasteiger partial charge in [-0.25, -0.2) is 9.78 Å². The van der Waals surface area contributed by atoms with E-state index in [1.54, 1.807) is 18.2 Å². The monoisotopic (exact) mass is 409 g/mol. The Hall–Kier alpha value is -2.36. The van der Waals surface area contributed by atoms with Gasteiger partial charge in [0.25, 0.3) is 5.56 Å². The second kappa shape index (κ2) is 7.48. The minimum atomic E-state index is -1.18. The fraction of sp³-hybridized carbons (Fsp3) is 0.125. The van der Waals surface area contributed by atoms with Gasteiger partial charge in [-0.1, -0.05) is 29.4 Å². The number of aromatic nitrogens is 2. The van der Waals surface area contributed by atoms with Gasteiger partial charge in [0.15, 0.2) is 5.16 Å². The number of hydrogen-bond donors (Lipinski definition) is 3. The first-order chi connectivity index (χ1) is 12.3. The number of thioether (sulfide) groups is 1. The van der Waals surface area contributed by atoms with Crippen molar-refractivity contribution in [2.45, 2.75) is 12.1 Å². The Bertz CT molecular complexity index is 1080. The molecule has 0 radical (unpaired) electrons. The number of carbonyl (C=O) groups is 2. The number of H-pyrrole nitrogens is 1. The number of amides is 1. The lowest BCUT2D eigenvalue weighted by molar-refractivity contribution is -0.113. The fourth-order valence-corrected chi connectivity index (χ4v) is 3.97. The van der Waals surface area contributed by atoms with E-state index < -0.39 is 11.5 Å². The summed E-state index contributed by atoms with van der Waals surface area (Å²) in [7, 11) is 0. The van der Waals surface area contributed by atoms with Crippen LogP contribution in [0.1, 0.15) is 15.9 Å². The molecule has 0 saturated carbocycles. The first-order valence-corrected chi connectivity index (χ1v) is 9.53. The van der Waals surface area contributed by atoms with Gasteiger partial charge in [-0.2, -0.15) is 0 Å². The predicted molar refractivity (Wildman–Crippen MR) is 103 cm³/mol. The number of nitrogens with one attached hydrogen (secondary N) is 2. The predicted octanol–water partition coefficient (Wildman–Crippen LogP) is 3.38. The number of anilines is 1. The number of carbonyl (C=O) groups excluding carboxylic acids is 1. The molecule has 0 atom stereocenters. The summed E-state index contributed by atoms with van der Waals surface area (Å²) in [5.41, 5.74) is 0.865. The number of aromatic amines is 1. The number of aryl methyl sites for hydroxylation is 1. The lowest BCUT2D eigenvalue weighted by atomic mass is 10.2. The van der Waals surface area contributed by atoms with Crippen LogP contribution < -0.4 is 10.9 Å². The number of rotatable bonds is 5. The SMILES string of the molecule is Cc1ccc(NC(=O)CSc2nc3scc(C(=O)O)c3c(=O)[nH]2)cc1Cl. The molecule has 0 unspecified atom stereocenters. The van der Waals surface area contributed by atoms with Gasteiger partial charge in [0.05, 0.1) is 16.7 Å². The molecule has 1 aromatic carbocycles. The summed E-state index contributed by atoms with van der Waals surface area (Å²) in [6, 6.07) is 5.20. The molecule has 134 valence electrons. The minimum Gasteiger partial charge on any atom is -0.478 e. The molecule has 0 aliphatic carbocycles. The van der Waals surface area contributed by atoms with Gasteiger partial charge in [-0.3, -0.25) is 9.59 Å². The minimum absolute atomic E-state index is 0.0249. The standard InChI is InChI=1S/C16H12ClN3O4S2/c1-7-2-3-8(4-10(7)17)18-11(21)6-26-16-19-13(22)12-9(15(23)24)5-25-14(12)20-16/h2-5H,6H2,1H3,(H,18,21)(H,23,24)(H,19,20,22). The van der Waals surface area contributed by atoms with Crippen LogP contribution in [0.3, 0.4) is 0 Å². The lowest BCUT2D eigenvalue weighted by Gasteiger charge is -2.06. The van der Waals surface area contributed by atoms with Crippen molar-refractivity contribution in [1.29, 1.82) is 0 Å². The summed E-state index contributed by atoms with van der Waals surface area (Å²) in [5.74, 6) is -1.44. The third-order valence-electron chi connectivity index (χ3n) is 3.45. The Morgan fingerprint density at radius 1 is 1.42 bits per heavy atom. The molecule has 0 bridgehead atoms. The molecule has 3 aromatic rings. The second-order valence-electron chi connectivity index (χ2n) is 5.31. The van der Waals surface area contributed by atoms with E-state index in [0.717, 1.165) is 28.7 Å². The number of fused-ring (bicyclic) bond motifs is 1. The van der Waals surface area contributed by atoms with Gasteiger partial charge in [0.2, 0.25) is 5.91 Å². The van der Waals surface area contributed by atoms with Crippen LogP contribution in [-0.4, -0.2) is 32.7 Å². The van der Waals surface area contributed by atoms with Crippen LogP contribution in [-0.2, 0) is 4.79 Å². The first kappa shape index (κ1) is 18.4. The smallest absolute Gasteiger partial charge is 0.337 e. The quantitative estimate of drug-likeness (QED) is 0.440. The molecule has 3 rings (SSSR count). The molecule has 2 heterocycles. The zero-order chi connectivity index (χ0) is 18.8. The van der Waals surface area contributed by atoms with Gasteiger partial charge < -0.3 is 15.4 Å². The van der Waals surface area contributed by atoms with Crippen LogP contribution in [0.25, 0.3) is 10.2 Å². The van der Waals surface area contributed by atoms with E-state index in [4.69, 9.17) is 16.7 Å². The number of halogens is 1. The molecule has 7 nitrogen and oxygen atoms in total. The highest BCUT2D eigenvalue weighted by Crippen LogP contribution is 2.24. The number of carboxylic acid groups (broad SMARTS) is 1. The number of hydrogen-bond acceptors (Lipinski definition) is 6. The average Bonchev–Trinajstić information content (AvgIpc) is 3.01. The number of nitrogens with zero attached hydrogens (tertiary/aromatic N) is 1. The van der Waals surface area contributed by atoms with Crippen molar-refractivity contribution in [2.24, 2.45) is 0 Å². The van der Waals surface area contributed by atoms with Crippen LogP contribution in [0.4, 0.5) is 5.69 Å². The summed E-state index contributed by atoms with van der Waals surface area (Å²) in [6.07, 6.45) is 0. The first-order valence-electron chi connectivity index (χ1n) is 7.29. The summed E-state index contributed by atoms with van der Waals surface area (Å²) >= 11 is 8.14. The summed E-state index contributed by atoms with van der Waals surface area (Å²) < 4.78 is 0. The van der Waals surface area contributed by atoms with Gasteiger partial charge in [-0.15, -0.1) is 11.3 Å². The van der Waals surface area contributed by atoms with Crippen LogP contribution >= 0.6 is 34.7 Å². The molecule has 2 aromatic heterocycles. The number of benzene rings is 1. The summed E-state index contributed by atoms with van der Waals surface area (Å²) in [5, 5.41) is 14.0. The molecule has 26 heavy (non-hydrogen) atoms. The van der Waals surface area contributed by atoms with Crippen molar-refractivity contribution in [1.82, 2.24) is 9.97 Å². The maximum Gasteiger partial charge on any atom is 0.337 e. The molecule has 10 heteroatoms. The molecule has 0 aliphatic rings. The summed E-state index contributed by atoms with van der Waals surface area (Å²) in [6.45, 7) is 1.86. The maximum atomic E-state index is 12.1. The third kappa shape index (κ3) is 3.90. The Balaban J connectivity index is 1.71. The van der Waals surface area contributed by atoms with E-state index in [0.29, 0.717) is 15.5 Å². The Labute approximate surface area is 160 Å². The van der Waals surface area contributed by atoms with E-state index in [2.05, 4.69) is 15.3 Å². The highest BCUT2D eigenvalue weighted by molar-refractivity contribution is 7.99. The van der Waals surface area contributed by atoms with Gasteiger partial charge in [0, 0.05) is 16.1 Å². The zero-order valence-corrected chi connectivity index (χ0v) is 15.7. The second-order valence-corrected chi connectivity index (χ2v) is 7.54. The van der Waals surface area contributed by atoms with Gasteiger partial charge in [-0.05, 0) is 24.6 Å². The summed E-state index contributed by atoms with van der Waals surface area (Å²) in [4.78, 5) is 42.3. The Morgan fingerprint density at radius 3 is 2.88 bits per heavy atom. The highest BCUT2D eigenvalue weighted by atomic mass is 35.5. The Kier molecular flexibility index (Phi) is 5.30. The number of carboxylic acids is 1. The normalized spacial score (nSPS) is 10.8. The molecule has 1 amide bonds. The topological polar surface area (TPSA) is 112 Å². The number of thiophene rings is 1. The fourth-order valence-electron chi connectivity index (χ4n) is 2.16. The van der Waals surface area contributed by atoms with Crippen molar-refractivity contribution in [3.63, 3.8) is 0 Å². The van der Waals surface area contributed by atoms with E-state index in [1.807, 2.05) is 6.92 Å². The highest BCUT2D eigenvalue weighted by Gasteiger charge is 2.16. The van der Waals surface area contributed by atoms with Crippen LogP contribution in [0, 0.1) is 6.92 Å². The Morgan fingerprint density at radius 2 is 2.19 bits per heavy atom.